The zero-order valence-electron chi connectivity index (χ0n) is 12.4. The monoisotopic (exact) mass is 307 g/mol. The Labute approximate surface area is 129 Å². The Morgan fingerprint density at radius 1 is 1.43 bits per heavy atom. The third-order valence-corrected chi connectivity index (χ3v) is 5.14. The molecule has 6 heteroatoms. The van der Waals surface area contributed by atoms with Gasteiger partial charge < -0.3 is 15.8 Å². The van der Waals surface area contributed by atoms with Crippen molar-refractivity contribution in [1.82, 2.24) is 0 Å². The van der Waals surface area contributed by atoms with Crippen LogP contribution in [0.2, 0.25) is 0 Å². The number of methoxy groups -OCH3 is 1. The molecule has 0 amide bonds. The van der Waals surface area contributed by atoms with Crippen molar-refractivity contribution in [3.8, 4) is 6.07 Å². The van der Waals surface area contributed by atoms with Crippen molar-refractivity contribution in [2.24, 2.45) is 5.92 Å². The molecule has 0 spiro atoms. The Morgan fingerprint density at radius 2 is 2.19 bits per heavy atom. The Morgan fingerprint density at radius 3 is 2.86 bits per heavy atom. The molecule has 21 heavy (non-hydrogen) atoms. The highest BCUT2D eigenvalue weighted by Gasteiger charge is 2.24. The Bertz CT molecular complexity index is 562. The van der Waals surface area contributed by atoms with Gasteiger partial charge in [-0.1, -0.05) is 19.8 Å². The second kappa shape index (κ2) is 6.81. The van der Waals surface area contributed by atoms with Gasteiger partial charge in [0.2, 0.25) is 0 Å². The van der Waals surface area contributed by atoms with Crippen molar-refractivity contribution in [3.63, 3.8) is 0 Å². The van der Waals surface area contributed by atoms with Crippen molar-refractivity contribution in [3.05, 3.63) is 10.4 Å². The molecule has 0 saturated heterocycles. The normalized spacial score (nSPS) is 22.1. The third kappa shape index (κ3) is 3.48. The molecule has 114 valence electrons. The number of nitrogens with one attached hydrogen (secondary N) is 1. The number of ether oxygens (including phenoxy) is 1. The summed E-state index contributed by atoms with van der Waals surface area (Å²) in [6.45, 7) is 2.28. The number of carbonyl (C=O) groups is 1. The maximum Gasteiger partial charge on any atom is 0.350 e. The lowest BCUT2D eigenvalue weighted by molar-refractivity contribution is 0.0607. The first-order chi connectivity index (χ1) is 10.1. The minimum atomic E-state index is -0.489. The van der Waals surface area contributed by atoms with Gasteiger partial charge in [-0.25, -0.2) is 4.79 Å². The highest BCUT2D eigenvalue weighted by Crippen LogP contribution is 2.37. The molecule has 1 fully saturated rings. The van der Waals surface area contributed by atoms with Crippen LogP contribution in [0.1, 0.15) is 54.3 Å². The fourth-order valence-electron chi connectivity index (χ4n) is 2.72. The second-order valence-corrected chi connectivity index (χ2v) is 6.63. The van der Waals surface area contributed by atoms with Crippen molar-refractivity contribution >= 4 is 28.0 Å². The van der Waals surface area contributed by atoms with Crippen LogP contribution in [0.4, 0.5) is 10.7 Å². The summed E-state index contributed by atoms with van der Waals surface area (Å²) >= 11 is 1.21. The number of carbonyl (C=O) groups excluding carboxylic acids is 1. The van der Waals surface area contributed by atoms with E-state index in [2.05, 4.69) is 18.3 Å². The van der Waals surface area contributed by atoms with E-state index in [1.807, 2.05) is 0 Å². The number of thiophene rings is 1. The van der Waals surface area contributed by atoms with E-state index in [0.29, 0.717) is 21.5 Å². The molecule has 1 aliphatic rings. The predicted molar refractivity (Wildman–Crippen MR) is 84.4 cm³/mol. The first-order valence-corrected chi connectivity index (χ1v) is 8.05. The molecule has 3 N–H and O–H groups in total. The maximum absolute atomic E-state index is 11.7. The lowest BCUT2D eigenvalue weighted by atomic mass is 10.0. The number of rotatable bonds is 3. The highest BCUT2D eigenvalue weighted by atomic mass is 32.1. The van der Waals surface area contributed by atoms with Gasteiger partial charge in [-0.3, -0.25) is 0 Å². The molecule has 1 heterocycles. The number of hydrogen-bond donors (Lipinski definition) is 2. The zero-order valence-corrected chi connectivity index (χ0v) is 13.3. The van der Waals surface area contributed by atoms with Crippen LogP contribution < -0.4 is 11.1 Å². The van der Waals surface area contributed by atoms with Gasteiger partial charge in [-0.05, 0) is 25.2 Å². The zero-order chi connectivity index (χ0) is 15.4. The molecule has 0 radical (unpaired) electrons. The summed E-state index contributed by atoms with van der Waals surface area (Å²) in [7, 11) is 1.31. The Hall–Kier alpha value is -1.74. The predicted octanol–water partition coefficient (Wildman–Crippen LogP) is 3.37. The number of nitrogens with two attached hydrogens (primary N) is 1. The molecule has 1 aliphatic carbocycles. The van der Waals surface area contributed by atoms with Crippen LogP contribution in [0, 0.1) is 17.2 Å². The molecule has 2 atom stereocenters. The van der Waals surface area contributed by atoms with Gasteiger partial charge in [-0.15, -0.1) is 11.3 Å². The summed E-state index contributed by atoms with van der Waals surface area (Å²) in [6, 6.07) is 2.43. The number of nitrogens with zero attached hydrogens (tertiary/aromatic N) is 1. The Balaban J connectivity index is 2.19. The molecule has 5 nitrogen and oxygen atoms in total. The minimum absolute atomic E-state index is 0.221. The van der Waals surface area contributed by atoms with Crippen LogP contribution in [-0.2, 0) is 4.74 Å². The van der Waals surface area contributed by atoms with Gasteiger partial charge in [0.05, 0.1) is 12.8 Å². The molecule has 0 aliphatic heterocycles. The number of nitrogen functional groups attached to an aromatic ring is 1. The summed E-state index contributed by atoms with van der Waals surface area (Å²) in [4.78, 5) is 12.0. The van der Waals surface area contributed by atoms with Crippen molar-refractivity contribution in [1.29, 1.82) is 5.26 Å². The van der Waals surface area contributed by atoms with Crippen molar-refractivity contribution in [2.45, 2.75) is 45.1 Å². The molecular weight excluding hydrogens is 286 g/mol. The smallest absolute Gasteiger partial charge is 0.350 e. The number of nitriles is 1. The molecular formula is C15H21N3O2S. The van der Waals surface area contributed by atoms with E-state index in [1.165, 1.54) is 37.7 Å². The van der Waals surface area contributed by atoms with Crippen LogP contribution in [0.3, 0.4) is 0 Å². The second-order valence-electron chi connectivity index (χ2n) is 5.61. The van der Waals surface area contributed by atoms with Gasteiger partial charge in [0.15, 0.2) is 0 Å². The summed E-state index contributed by atoms with van der Waals surface area (Å²) < 4.78 is 4.71. The average molecular weight is 307 g/mol. The maximum atomic E-state index is 11.7. The van der Waals surface area contributed by atoms with Gasteiger partial charge in [0, 0.05) is 6.04 Å². The lowest BCUT2D eigenvalue weighted by Crippen LogP contribution is -2.18. The molecule has 1 aromatic heterocycles. The van der Waals surface area contributed by atoms with Crippen molar-refractivity contribution in [2.75, 3.05) is 18.2 Å². The SMILES string of the molecule is COC(=O)c1sc(NC2CCCC(C)CC2)c(C#N)c1N. The van der Waals surface area contributed by atoms with E-state index in [0.717, 1.165) is 18.8 Å². The number of hydrogen-bond acceptors (Lipinski definition) is 6. The average Bonchev–Trinajstić information content (AvgIpc) is 2.64. The summed E-state index contributed by atoms with van der Waals surface area (Å²) in [6.07, 6.45) is 5.79. The fraction of sp³-hybridized carbons (Fsp3) is 0.600. The van der Waals surface area contributed by atoms with E-state index in [4.69, 9.17) is 10.5 Å². The number of anilines is 2. The van der Waals surface area contributed by atoms with E-state index in [1.54, 1.807) is 0 Å². The van der Waals surface area contributed by atoms with Gasteiger partial charge in [0.25, 0.3) is 0 Å². The molecule has 2 unspecified atom stereocenters. The molecule has 1 saturated carbocycles. The third-order valence-electron chi connectivity index (χ3n) is 4.02. The van der Waals surface area contributed by atoms with Crippen LogP contribution >= 0.6 is 11.3 Å². The van der Waals surface area contributed by atoms with Crippen LogP contribution in [-0.4, -0.2) is 19.1 Å². The van der Waals surface area contributed by atoms with Crippen molar-refractivity contribution < 1.29 is 9.53 Å². The standard InChI is InChI=1S/C15H21N3O2S/c1-9-4-3-5-10(7-6-9)18-14-11(8-16)12(17)13(21-14)15(19)20-2/h9-10,18H,3-7,17H2,1-2H3. The summed E-state index contributed by atoms with van der Waals surface area (Å²) in [5.41, 5.74) is 6.48. The van der Waals surface area contributed by atoms with E-state index in [9.17, 15) is 10.1 Å². The molecule has 0 aromatic carbocycles. The summed E-state index contributed by atoms with van der Waals surface area (Å²) in [5.74, 6) is 0.266. The van der Waals surface area contributed by atoms with Crippen LogP contribution in [0.15, 0.2) is 0 Å². The van der Waals surface area contributed by atoms with E-state index >= 15 is 0 Å². The lowest BCUT2D eigenvalue weighted by Gasteiger charge is -2.16. The van der Waals surface area contributed by atoms with Gasteiger partial charge in [0.1, 0.15) is 21.5 Å². The van der Waals surface area contributed by atoms with Crippen LogP contribution in [0.25, 0.3) is 0 Å². The summed E-state index contributed by atoms with van der Waals surface area (Å²) in [5, 5.41) is 13.4. The fourth-order valence-corrected chi connectivity index (χ4v) is 3.78. The van der Waals surface area contributed by atoms with E-state index in [-0.39, 0.29) is 5.69 Å². The Kier molecular flexibility index (Phi) is 5.07. The van der Waals surface area contributed by atoms with E-state index < -0.39 is 5.97 Å². The van der Waals surface area contributed by atoms with Gasteiger partial charge in [-0.2, -0.15) is 5.26 Å². The largest absolute Gasteiger partial charge is 0.465 e. The first kappa shape index (κ1) is 15.6. The number of esters is 1. The van der Waals surface area contributed by atoms with Gasteiger partial charge >= 0.3 is 5.97 Å². The molecule has 1 aromatic rings. The highest BCUT2D eigenvalue weighted by molar-refractivity contribution is 7.18. The van der Waals surface area contributed by atoms with Crippen LogP contribution in [0.5, 0.6) is 0 Å². The molecule has 0 bridgehead atoms. The first-order valence-electron chi connectivity index (χ1n) is 7.24. The minimum Gasteiger partial charge on any atom is -0.465 e. The topological polar surface area (TPSA) is 88.1 Å². The quantitative estimate of drug-likeness (QED) is 0.660. The molecule has 2 rings (SSSR count).